The van der Waals surface area contributed by atoms with Gasteiger partial charge in [-0.05, 0) is 12.1 Å². The summed E-state index contributed by atoms with van der Waals surface area (Å²) < 4.78 is 10.8. The molecule has 0 spiro atoms. The largest absolute Gasteiger partial charge is 0.495 e. The van der Waals surface area contributed by atoms with Gasteiger partial charge in [0.1, 0.15) is 11.5 Å². The number of ether oxygens (including phenoxy) is 2. The number of amides is 1. The molecule has 1 aliphatic heterocycles. The number of nitrogens with zero attached hydrogens (tertiary/aromatic N) is 2. The van der Waals surface area contributed by atoms with Gasteiger partial charge in [0.2, 0.25) is 0 Å². The Kier molecular flexibility index (Phi) is 6.20. The lowest BCUT2D eigenvalue weighted by Gasteiger charge is -2.27. The highest BCUT2D eigenvalue weighted by molar-refractivity contribution is 7.99. The summed E-state index contributed by atoms with van der Waals surface area (Å²) in [6, 6.07) is 11.2. The summed E-state index contributed by atoms with van der Waals surface area (Å²) in [6.45, 7) is 1.46. The van der Waals surface area contributed by atoms with Gasteiger partial charge in [-0.1, -0.05) is 29.8 Å². The fourth-order valence-electron chi connectivity index (χ4n) is 3.47. The zero-order valence-electron chi connectivity index (χ0n) is 16.8. The Labute approximate surface area is 184 Å². The topological polar surface area (TPSA) is 63.7 Å². The highest BCUT2D eigenvalue weighted by Gasteiger charge is 2.24. The number of fused-ring (bicyclic) bond motifs is 1. The molecule has 0 atom stereocenters. The van der Waals surface area contributed by atoms with Gasteiger partial charge in [-0.2, -0.15) is 11.8 Å². The summed E-state index contributed by atoms with van der Waals surface area (Å²) in [4.78, 5) is 19.7. The van der Waals surface area contributed by atoms with Crippen LogP contribution < -0.4 is 14.8 Å². The first-order valence-corrected chi connectivity index (χ1v) is 11.1. The number of hydrogen-bond donors (Lipinski definition) is 1. The van der Waals surface area contributed by atoms with E-state index in [1.54, 1.807) is 32.5 Å². The van der Waals surface area contributed by atoms with Crippen molar-refractivity contribution in [2.24, 2.45) is 0 Å². The molecule has 3 aromatic rings. The fourth-order valence-corrected chi connectivity index (χ4v) is 4.61. The van der Waals surface area contributed by atoms with Crippen molar-refractivity contribution in [2.45, 2.75) is 0 Å². The van der Waals surface area contributed by atoms with E-state index in [1.165, 1.54) is 0 Å². The van der Waals surface area contributed by atoms with Crippen LogP contribution >= 0.6 is 23.4 Å². The molecular weight excluding hydrogens is 422 g/mol. The minimum absolute atomic E-state index is 0.0328. The van der Waals surface area contributed by atoms with Crippen LogP contribution in [0.5, 0.6) is 11.5 Å². The minimum Gasteiger partial charge on any atom is -0.495 e. The number of thioether (sulfide) groups is 1. The van der Waals surface area contributed by atoms with Crippen LogP contribution in [0.2, 0.25) is 5.02 Å². The van der Waals surface area contributed by atoms with Crippen molar-refractivity contribution in [2.75, 3.05) is 44.1 Å². The zero-order valence-corrected chi connectivity index (χ0v) is 18.3. The van der Waals surface area contributed by atoms with Crippen LogP contribution in [0.4, 0.5) is 11.4 Å². The van der Waals surface area contributed by atoms with Gasteiger partial charge in [-0.3, -0.25) is 9.78 Å². The molecule has 1 aromatic heterocycles. The van der Waals surface area contributed by atoms with Crippen molar-refractivity contribution in [3.8, 4) is 11.5 Å². The van der Waals surface area contributed by atoms with E-state index in [0.717, 1.165) is 35.5 Å². The number of benzene rings is 2. The molecule has 2 aromatic carbocycles. The number of aromatic nitrogens is 1. The summed E-state index contributed by atoms with van der Waals surface area (Å²) >= 11 is 8.22. The number of methoxy groups -OCH3 is 2. The Morgan fingerprint density at radius 2 is 1.87 bits per heavy atom. The maximum atomic E-state index is 13.3. The molecule has 0 saturated carbocycles. The van der Waals surface area contributed by atoms with E-state index in [2.05, 4.69) is 10.3 Å². The highest BCUT2D eigenvalue weighted by Crippen LogP contribution is 2.39. The summed E-state index contributed by atoms with van der Waals surface area (Å²) in [5, 5.41) is 4.68. The smallest absolute Gasteiger partial charge is 0.257 e. The summed E-state index contributed by atoms with van der Waals surface area (Å²) in [5.74, 6) is 2.93. The third-order valence-electron chi connectivity index (χ3n) is 5.04. The Balaban J connectivity index is 1.83. The summed E-state index contributed by atoms with van der Waals surface area (Å²) in [6.07, 6.45) is 1.65. The Bertz CT molecular complexity index is 1090. The van der Waals surface area contributed by atoms with E-state index >= 15 is 0 Å². The SMILES string of the molecule is COc1cc(OC)c(Nc2c(C(=O)N3CCSCC3)cnc3ccccc23)cc1Cl. The van der Waals surface area contributed by atoms with E-state index in [-0.39, 0.29) is 5.91 Å². The Morgan fingerprint density at radius 1 is 1.13 bits per heavy atom. The minimum atomic E-state index is -0.0328. The van der Waals surface area contributed by atoms with Gasteiger partial charge in [0, 0.05) is 42.2 Å². The van der Waals surface area contributed by atoms with Crippen LogP contribution in [0.15, 0.2) is 42.6 Å². The van der Waals surface area contributed by atoms with Crippen LogP contribution in [0, 0.1) is 0 Å². The number of pyridine rings is 1. The van der Waals surface area contributed by atoms with Gasteiger partial charge in [0.15, 0.2) is 0 Å². The predicted molar refractivity (Wildman–Crippen MR) is 123 cm³/mol. The second-order valence-corrected chi connectivity index (χ2v) is 8.41. The average Bonchev–Trinajstić information content (AvgIpc) is 2.79. The molecule has 0 unspecified atom stereocenters. The molecule has 8 heteroatoms. The van der Waals surface area contributed by atoms with Gasteiger partial charge < -0.3 is 19.7 Å². The van der Waals surface area contributed by atoms with Crippen molar-refractivity contribution < 1.29 is 14.3 Å². The monoisotopic (exact) mass is 443 g/mol. The van der Waals surface area contributed by atoms with E-state index in [1.807, 2.05) is 40.9 Å². The van der Waals surface area contributed by atoms with E-state index in [0.29, 0.717) is 33.5 Å². The first-order valence-electron chi connectivity index (χ1n) is 9.55. The van der Waals surface area contributed by atoms with Crippen LogP contribution in [0.3, 0.4) is 0 Å². The number of hydrogen-bond acceptors (Lipinski definition) is 6. The molecule has 6 nitrogen and oxygen atoms in total. The van der Waals surface area contributed by atoms with Crippen LogP contribution in [-0.2, 0) is 0 Å². The number of carbonyl (C=O) groups excluding carboxylic acids is 1. The molecule has 0 radical (unpaired) electrons. The molecule has 2 heterocycles. The lowest BCUT2D eigenvalue weighted by Crippen LogP contribution is -2.38. The van der Waals surface area contributed by atoms with Crippen LogP contribution in [-0.4, -0.2) is 54.6 Å². The van der Waals surface area contributed by atoms with Gasteiger partial charge in [0.05, 0.1) is 41.7 Å². The number of para-hydroxylation sites is 1. The fraction of sp³-hybridized carbons (Fsp3) is 0.273. The number of rotatable bonds is 5. The van der Waals surface area contributed by atoms with Crippen molar-refractivity contribution in [3.05, 3.63) is 53.2 Å². The van der Waals surface area contributed by atoms with E-state index < -0.39 is 0 Å². The Morgan fingerprint density at radius 3 is 2.60 bits per heavy atom. The van der Waals surface area contributed by atoms with Crippen LogP contribution in [0.25, 0.3) is 10.9 Å². The zero-order chi connectivity index (χ0) is 21.1. The van der Waals surface area contributed by atoms with Crippen molar-refractivity contribution in [3.63, 3.8) is 0 Å². The van der Waals surface area contributed by atoms with Crippen molar-refractivity contribution in [1.29, 1.82) is 0 Å². The molecule has 1 amide bonds. The average molecular weight is 444 g/mol. The maximum Gasteiger partial charge on any atom is 0.257 e. The normalized spacial score (nSPS) is 13.9. The van der Waals surface area contributed by atoms with Gasteiger partial charge in [0.25, 0.3) is 5.91 Å². The van der Waals surface area contributed by atoms with Crippen LogP contribution in [0.1, 0.15) is 10.4 Å². The second kappa shape index (κ2) is 9.02. The van der Waals surface area contributed by atoms with Crippen molar-refractivity contribution >= 4 is 51.5 Å². The third kappa shape index (κ3) is 4.00. The molecule has 156 valence electrons. The molecule has 30 heavy (non-hydrogen) atoms. The highest BCUT2D eigenvalue weighted by atomic mass is 35.5. The third-order valence-corrected chi connectivity index (χ3v) is 6.28. The lowest BCUT2D eigenvalue weighted by molar-refractivity contribution is 0.0773. The van der Waals surface area contributed by atoms with E-state index in [4.69, 9.17) is 21.1 Å². The lowest BCUT2D eigenvalue weighted by atomic mass is 10.1. The standard InChI is InChI=1S/C22H22ClN3O3S/c1-28-19-12-20(29-2)18(11-16(19)23)25-21-14-5-3-4-6-17(14)24-13-15(21)22(27)26-7-9-30-10-8-26/h3-6,11-13H,7-10H2,1-2H3,(H,24,25). The number of halogens is 1. The molecule has 0 bridgehead atoms. The molecule has 0 aliphatic carbocycles. The first kappa shape index (κ1) is 20.6. The van der Waals surface area contributed by atoms with E-state index in [9.17, 15) is 4.79 Å². The van der Waals surface area contributed by atoms with Gasteiger partial charge in [-0.25, -0.2) is 0 Å². The predicted octanol–water partition coefficient (Wildman–Crippen LogP) is 4.84. The molecule has 1 fully saturated rings. The quantitative estimate of drug-likeness (QED) is 0.608. The first-order chi connectivity index (χ1) is 14.6. The number of anilines is 2. The second-order valence-electron chi connectivity index (χ2n) is 6.78. The molecule has 1 aliphatic rings. The summed E-state index contributed by atoms with van der Waals surface area (Å²) in [7, 11) is 3.13. The maximum absolute atomic E-state index is 13.3. The number of carbonyl (C=O) groups is 1. The molecular formula is C22H22ClN3O3S. The Hall–Kier alpha value is -2.64. The molecule has 1 N–H and O–H groups in total. The van der Waals surface area contributed by atoms with Crippen molar-refractivity contribution in [1.82, 2.24) is 9.88 Å². The van der Waals surface area contributed by atoms with Gasteiger partial charge in [-0.15, -0.1) is 0 Å². The summed E-state index contributed by atoms with van der Waals surface area (Å²) in [5.41, 5.74) is 2.64. The van der Waals surface area contributed by atoms with Gasteiger partial charge >= 0.3 is 0 Å². The molecule has 1 saturated heterocycles. The number of nitrogens with one attached hydrogen (secondary N) is 1. The molecule has 4 rings (SSSR count).